The van der Waals surface area contributed by atoms with Gasteiger partial charge in [0.05, 0.1) is 0 Å². The van der Waals surface area contributed by atoms with Gasteiger partial charge in [0.25, 0.3) is 0 Å². The Morgan fingerprint density at radius 3 is 2.69 bits per heavy atom. The standard InChI is InChI=1S/C8H13ClN4/c1-10-4-6-7(9)11-5-12-8(6)13(2)3/h5,10H,4H2,1-3H3. The van der Waals surface area contributed by atoms with E-state index in [4.69, 9.17) is 11.6 Å². The second-order valence-corrected chi connectivity index (χ2v) is 3.25. The van der Waals surface area contributed by atoms with Crippen LogP contribution in [0.15, 0.2) is 6.33 Å². The minimum absolute atomic E-state index is 0.507. The number of aromatic nitrogens is 2. The summed E-state index contributed by atoms with van der Waals surface area (Å²) < 4.78 is 0. The molecule has 1 aromatic heterocycles. The number of halogens is 1. The van der Waals surface area contributed by atoms with Crippen molar-refractivity contribution in [2.75, 3.05) is 26.0 Å². The molecule has 0 amide bonds. The summed E-state index contributed by atoms with van der Waals surface area (Å²) in [7, 11) is 5.72. The van der Waals surface area contributed by atoms with Gasteiger partial charge >= 0.3 is 0 Å². The third-order valence-corrected chi connectivity index (χ3v) is 1.97. The number of hydrogen-bond donors (Lipinski definition) is 1. The maximum absolute atomic E-state index is 5.93. The van der Waals surface area contributed by atoms with Crippen molar-refractivity contribution in [1.82, 2.24) is 15.3 Å². The van der Waals surface area contributed by atoms with Crippen LogP contribution >= 0.6 is 11.6 Å². The van der Waals surface area contributed by atoms with E-state index in [0.29, 0.717) is 11.7 Å². The zero-order valence-corrected chi connectivity index (χ0v) is 8.76. The fraction of sp³-hybridized carbons (Fsp3) is 0.500. The lowest BCUT2D eigenvalue weighted by atomic mass is 10.3. The molecule has 0 aromatic carbocycles. The first-order chi connectivity index (χ1) is 6.16. The maximum atomic E-state index is 5.93. The molecule has 1 heterocycles. The number of nitrogens with zero attached hydrogens (tertiary/aromatic N) is 3. The molecule has 5 heteroatoms. The topological polar surface area (TPSA) is 41.1 Å². The van der Waals surface area contributed by atoms with E-state index < -0.39 is 0 Å². The van der Waals surface area contributed by atoms with Crippen LogP contribution in [-0.4, -0.2) is 31.1 Å². The van der Waals surface area contributed by atoms with Crippen LogP contribution in [0.4, 0.5) is 5.82 Å². The Bertz CT molecular complexity index is 287. The van der Waals surface area contributed by atoms with Crippen molar-refractivity contribution in [2.45, 2.75) is 6.54 Å². The Morgan fingerprint density at radius 1 is 1.46 bits per heavy atom. The number of hydrogen-bond acceptors (Lipinski definition) is 4. The van der Waals surface area contributed by atoms with Gasteiger partial charge in [-0.3, -0.25) is 0 Å². The summed E-state index contributed by atoms with van der Waals surface area (Å²) in [5.41, 5.74) is 0.927. The van der Waals surface area contributed by atoms with Crippen LogP contribution in [0.3, 0.4) is 0 Å². The molecule has 4 nitrogen and oxygen atoms in total. The van der Waals surface area contributed by atoms with Crippen molar-refractivity contribution in [2.24, 2.45) is 0 Å². The van der Waals surface area contributed by atoms with E-state index in [0.717, 1.165) is 11.4 Å². The molecule has 1 aromatic rings. The molecule has 0 atom stereocenters. The summed E-state index contributed by atoms with van der Waals surface area (Å²) in [6.07, 6.45) is 1.47. The van der Waals surface area contributed by atoms with E-state index in [1.165, 1.54) is 6.33 Å². The number of anilines is 1. The molecule has 1 rings (SSSR count). The quantitative estimate of drug-likeness (QED) is 0.737. The van der Waals surface area contributed by atoms with Gasteiger partial charge in [-0.15, -0.1) is 0 Å². The molecule has 0 fully saturated rings. The first kappa shape index (κ1) is 10.2. The molecule has 0 aliphatic rings. The predicted molar refractivity (Wildman–Crippen MR) is 54.1 cm³/mol. The van der Waals surface area contributed by atoms with Crippen LogP contribution < -0.4 is 10.2 Å². The van der Waals surface area contributed by atoms with Gasteiger partial charge in [0, 0.05) is 26.2 Å². The Labute approximate surface area is 82.9 Å². The highest BCUT2D eigenvalue weighted by Gasteiger charge is 2.09. The van der Waals surface area contributed by atoms with Gasteiger partial charge in [-0.25, -0.2) is 9.97 Å². The van der Waals surface area contributed by atoms with Gasteiger partial charge in [0.2, 0.25) is 0 Å². The summed E-state index contributed by atoms with van der Waals surface area (Å²) >= 11 is 5.93. The highest BCUT2D eigenvalue weighted by Crippen LogP contribution is 2.20. The average Bonchev–Trinajstić information content (AvgIpc) is 2.08. The third-order valence-electron chi connectivity index (χ3n) is 1.65. The van der Waals surface area contributed by atoms with E-state index in [-0.39, 0.29) is 0 Å². The number of nitrogens with one attached hydrogen (secondary N) is 1. The largest absolute Gasteiger partial charge is 0.362 e. The van der Waals surface area contributed by atoms with Crippen LogP contribution in [0, 0.1) is 0 Å². The molecule has 0 unspecified atom stereocenters. The normalized spacial score (nSPS) is 10.2. The fourth-order valence-corrected chi connectivity index (χ4v) is 1.29. The van der Waals surface area contributed by atoms with Gasteiger partial charge < -0.3 is 10.2 Å². The summed E-state index contributed by atoms with van der Waals surface area (Å²) in [4.78, 5) is 9.99. The SMILES string of the molecule is CNCc1c(Cl)ncnc1N(C)C. The molecule has 0 radical (unpaired) electrons. The Balaban J connectivity index is 3.09. The summed E-state index contributed by atoms with van der Waals surface area (Å²) in [6, 6.07) is 0. The second kappa shape index (κ2) is 4.39. The molecule has 13 heavy (non-hydrogen) atoms. The molecule has 1 N–H and O–H groups in total. The van der Waals surface area contributed by atoms with E-state index in [2.05, 4.69) is 15.3 Å². The molecule has 0 spiro atoms. The molecule has 72 valence electrons. The van der Waals surface area contributed by atoms with Crippen molar-refractivity contribution in [3.63, 3.8) is 0 Å². The zero-order chi connectivity index (χ0) is 9.84. The van der Waals surface area contributed by atoms with E-state index in [1.807, 2.05) is 26.0 Å². The van der Waals surface area contributed by atoms with E-state index in [9.17, 15) is 0 Å². The van der Waals surface area contributed by atoms with Crippen molar-refractivity contribution in [3.05, 3.63) is 17.0 Å². The Hall–Kier alpha value is -0.870. The highest BCUT2D eigenvalue weighted by atomic mass is 35.5. The molecule has 0 aliphatic carbocycles. The fourth-order valence-electron chi connectivity index (χ4n) is 1.10. The van der Waals surface area contributed by atoms with Gasteiger partial charge in [-0.05, 0) is 7.05 Å². The molecule has 0 bridgehead atoms. The first-order valence-electron chi connectivity index (χ1n) is 3.98. The lowest BCUT2D eigenvalue weighted by molar-refractivity contribution is 0.801. The summed E-state index contributed by atoms with van der Waals surface area (Å²) in [6.45, 7) is 0.674. The third kappa shape index (κ3) is 2.29. The van der Waals surface area contributed by atoms with Gasteiger partial charge in [0.15, 0.2) is 0 Å². The van der Waals surface area contributed by atoms with Crippen LogP contribution in [0.5, 0.6) is 0 Å². The monoisotopic (exact) mass is 200 g/mol. The van der Waals surface area contributed by atoms with Crippen LogP contribution in [0.2, 0.25) is 5.15 Å². The molecular weight excluding hydrogens is 188 g/mol. The number of rotatable bonds is 3. The van der Waals surface area contributed by atoms with Gasteiger partial charge in [-0.2, -0.15) is 0 Å². The zero-order valence-electron chi connectivity index (χ0n) is 8.00. The smallest absolute Gasteiger partial charge is 0.139 e. The van der Waals surface area contributed by atoms with Crippen LogP contribution in [0.25, 0.3) is 0 Å². The molecule has 0 saturated carbocycles. The van der Waals surface area contributed by atoms with Crippen molar-refractivity contribution < 1.29 is 0 Å². The van der Waals surface area contributed by atoms with E-state index in [1.54, 1.807) is 0 Å². The predicted octanol–water partition coefficient (Wildman–Crippen LogP) is 0.915. The van der Waals surface area contributed by atoms with Gasteiger partial charge in [-0.1, -0.05) is 11.6 Å². The van der Waals surface area contributed by atoms with Crippen molar-refractivity contribution in [1.29, 1.82) is 0 Å². The van der Waals surface area contributed by atoms with Crippen LogP contribution in [-0.2, 0) is 6.54 Å². The minimum Gasteiger partial charge on any atom is -0.362 e. The lowest BCUT2D eigenvalue weighted by Crippen LogP contribution is -2.17. The highest BCUT2D eigenvalue weighted by molar-refractivity contribution is 6.30. The van der Waals surface area contributed by atoms with Gasteiger partial charge in [0.1, 0.15) is 17.3 Å². The molecule has 0 saturated heterocycles. The molecule has 0 aliphatic heterocycles. The van der Waals surface area contributed by atoms with Crippen LogP contribution in [0.1, 0.15) is 5.56 Å². The van der Waals surface area contributed by atoms with E-state index >= 15 is 0 Å². The average molecular weight is 201 g/mol. The maximum Gasteiger partial charge on any atom is 0.139 e. The van der Waals surface area contributed by atoms with Crippen molar-refractivity contribution >= 4 is 17.4 Å². The minimum atomic E-state index is 0.507. The summed E-state index contributed by atoms with van der Waals surface area (Å²) in [5.74, 6) is 0.856. The Kier molecular flexibility index (Phi) is 3.45. The second-order valence-electron chi connectivity index (χ2n) is 2.89. The molecular formula is C8H13ClN4. The Morgan fingerprint density at radius 2 is 2.15 bits per heavy atom. The van der Waals surface area contributed by atoms with Crippen molar-refractivity contribution in [3.8, 4) is 0 Å². The summed E-state index contributed by atoms with van der Waals surface area (Å²) in [5, 5.41) is 3.54. The lowest BCUT2D eigenvalue weighted by Gasteiger charge is -2.15. The first-order valence-corrected chi connectivity index (χ1v) is 4.36.